The van der Waals surface area contributed by atoms with Crippen molar-refractivity contribution in [1.29, 1.82) is 0 Å². The molecule has 2 nitrogen and oxygen atoms in total. The van der Waals surface area contributed by atoms with E-state index in [0.717, 1.165) is 44.2 Å². The monoisotopic (exact) mass is 447 g/mol. The first-order valence-corrected chi connectivity index (χ1v) is 11.3. The van der Waals surface area contributed by atoms with Crippen molar-refractivity contribution in [1.82, 2.24) is 5.32 Å². The van der Waals surface area contributed by atoms with Crippen LogP contribution in [0.1, 0.15) is 55.2 Å². The standard InChI is InChI=1S/C25H25ClF3NO/c26-21-6-4-19(5-7-21)23-10-17-8-18(11-23)13-24(12-17,15-23)22(31)30-14-16-2-1-3-20(9-16)25(27,28)29/h1-7,9,17-18H,8,10-15H2,(H,30,31). The van der Waals surface area contributed by atoms with Crippen LogP contribution in [0.4, 0.5) is 13.2 Å². The fourth-order valence-electron chi connectivity index (χ4n) is 6.90. The molecule has 4 bridgehead atoms. The molecule has 0 spiro atoms. The summed E-state index contributed by atoms with van der Waals surface area (Å²) >= 11 is 6.10. The van der Waals surface area contributed by atoms with E-state index in [-0.39, 0.29) is 17.9 Å². The Balaban J connectivity index is 1.36. The van der Waals surface area contributed by atoms with E-state index in [0.29, 0.717) is 22.4 Å². The molecule has 0 saturated heterocycles. The zero-order valence-electron chi connectivity index (χ0n) is 17.1. The van der Waals surface area contributed by atoms with E-state index in [9.17, 15) is 18.0 Å². The fourth-order valence-corrected chi connectivity index (χ4v) is 7.02. The maximum Gasteiger partial charge on any atom is 0.416 e. The predicted molar refractivity (Wildman–Crippen MR) is 114 cm³/mol. The molecule has 31 heavy (non-hydrogen) atoms. The van der Waals surface area contributed by atoms with Gasteiger partial charge in [0.1, 0.15) is 0 Å². The first-order valence-electron chi connectivity index (χ1n) is 10.9. The number of carbonyl (C=O) groups excluding carboxylic acids is 1. The van der Waals surface area contributed by atoms with Crippen LogP contribution in [0.5, 0.6) is 0 Å². The summed E-state index contributed by atoms with van der Waals surface area (Å²) in [5.41, 5.74) is 0.630. The molecule has 2 aromatic carbocycles. The fraction of sp³-hybridized carbons (Fsp3) is 0.480. The average molecular weight is 448 g/mol. The second-order valence-electron chi connectivity index (χ2n) is 9.91. The molecular weight excluding hydrogens is 423 g/mol. The number of carbonyl (C=O) groups is 1. The summed E-state index contributed by atoms with van der Waals surface area (Å²) in [7, 11) is 0. The summed E-state index contributed by atoms with van der Waals surface area (Å²) < 4.78 is 39.0. The molecule has 164 valence electrons. The average Bonchev–Trinajstić information content (AvgIpc) is 2.71. The lowest BCUT2D eigenvalue weighted by atomic mass is 9.42. The van der Waals surface area contributed by atoms with E-state index in [1.807, 2.05) is 12.1 Å². The Bertz CT molecular complexity index is 987. The van der Waals surface area contributed by atoms with Gasteiger partial charge in [0.15, 0.2) is 0 Å². The summed E-state index contributed by atoms with van der Waals surface area (Å²) in [5.74, 6) is 1.05. The zero-order valence-corrected chi connectivity index (χ0v) is 17.9. The highest BCUT2D eigenvalue weighted by molar-refractivity contribution is 6.30. The van der Waals surface area contributed by atoms with Crippen molar-refractivity contribution in [3.63, 3.8) is 0 Å². The van der Waals surface area contributed by atoms with E-state index in [1.54, 1.807) is 6.07 Å². The maximum absolute atomic E-state index is 13.4. The molecule has 1 amide bonds. The van der Waals surface area contributed by atoms with Crippen molar-refractivity contribution in [3.05, 3.63) is 70.2 Å². The Labute approximate surface area is 185 Å². The third-order valence-corrected chi connectivity index (χ3v) is 7.96. The van der Waals surface area contributed by atoms with Crippen molar-refractivity contribution in [2.45, 2.75) is 56.7 Å². The van der Waals surface area contributed by atoms with Crippen molar-refractivity contribution < 1.29 is 18.0 Å². The van der Waals surface area contributed by atoms with Gasteiger partial charge in [-0.15, -0.1) is 0 Å². The van der Waals surface area contributed by atoms with Crippen LogP contribution in [-0.4, -0.2) is 5.91 Å². The summed E-state index contributed by atoms with van der Waals surface area (Å²) in [6.45, 7) is 0.119. The minimum atomic E-state index is -4.38. The molecule has 0 radical (unpaired) electrons. The minimum absolute atomic E-state index is 0.00220. The van der Waals surface area contributed by atoms with Crippen LogP contribution < -0.4 is 5.32 Å². The van der Waals surface area contributed by atoms with Crippen LogP contribution in [0.3, 0.4) is 0 Å². The molecule has 2 atom stereocenters. The zero-order chi connectivity index (χ0) is 21.9. The lowest BCUT2D eigenvalue weighted by Crippen LogP contribution is -2.59. The van der Waals surface area contributed by atoms with Crippen LogP contribution in [0.15, 0.2) is 48.5 Å². The minimum Gasteiger partial charge on any atom is -0.352 e. The topological polar surface area (TPSA) is 29.1 Å². The molecular formula is C25H25ClF3NO. The highest BCUT2D eigenvalue weighted by Crippen LogP contribution is 2.65. The molecule has 0 heterocycles. The van der Waals surface area contributed by atoms with Crippen molar-refractivity contribution >= 4 is 17.5 Å². The first-order chi connectivity index (χ1) is 14.7. The quantitative estimate of drug-likeness (QED) is 0.568. The Hall–Kier alpha value is -2.01. The lowest BCUT2D eigenvalue weighted by molar-refractivity contribution is -0.149. The summed E-state index contributed by atoms with van der Waals surface area (Å²) in [4.78, 5) is 13.4. The first kappa shape index (κ1) is 20.9. The SMILES string of the molecule is O=C(NCc1cccc(C(F)(F)F)c1)C12CC3CC(C1)CC(c1ccc(Cl)cc1)(C3)C2. The summed E-state index contributed by atoms with van der Waals surface area (Å²) in [5, 5.41) is 3.70. The van der Waals surface area contributed by atoms with Gasteiger partial charge >= 0.3 is 6.18 Å². The molecule has 1 N–H and O–H groups in total. The molecule has 0 aromatic heterocycles. The molecule has 4 saturated carbocycles. The number of alkyl halides is 3. The van der Waals surface area contributed by atoms with Crippen molar-refractivity contribution in [2.75, 3.05) is 0 Å². The normalized spacial score (nSPS) is 31.6. The smallest absolute Gasteiger partial charge is 0.352 e. The largest absolute Gasteiger partial charge is 0.416 e. The second kappa shape index (κ2) is 7.26. The predicted octanol–water partition coefficient (Wildman–Crippen LogP) is 6.51. The number of rotatable bonds is 4. The van der Waals surface area contributed by atoms with E-state index >= 15 is 0 Å². The number of benzene rings is 2. The Morgan fingerprint density at radius 2 is 1.71 bits per heavy atom. The highest BCUT2D eigenvalue weighted by atomic mass is 35.5. The lowest BCUT2D eigenvalue weighted by Gasteiger charge is -2.61. The molecule has 4 aliphatic carbocycles. The molecule has 4 fully saturated rings. The number of hydrogen-bond acceptors (Lipinski definition) is 1. The van der Waals surface area contributed by atoms with Crippen LogP contribution in [0.25, 0.3) is 0 Å². The van der Waals surface area contributed by atoms with Crippen LogP contribution in [-0.2, 0) is 22.9 Å². The Morgan fingerprint density at radius 3 is 2.35 bits per heavy atom. The number of hydrogen-bond donors (Lipinski definition) is 1. The number of amides is 1. The van der Waals surface area contributed by atoms with E-state index < -0.39 is 17.2 Å². The van der Waals surface area contributed by atoms with E-state index in [4.69, 9.17) is 11.6 Å². The van der Waals surface area contributed by atoms with Crippen LogP contribution in [0.2, 0.25) is 5.02 Å². The number of halogens is 4. The van der Waals surface area contributed by atoms with Crippen molar-refractivity contribution in [2.24, 2.45) is 17.3 Å². The van der Waals surface area contributed by atoms with Gasteiger partial charge in [0, 0.05) is 11.6 Å². The Morgan fingerprint density at radius 1 is 1.03 bits per heavy atom. The molecule has 4 aliphatic rings. The third-order valence-electron chi connectivity index (χ3n) is 7.71. The Kier molecular flexibility index (Phi) is 4.89. The van der Waals surface area contributed by atoms with Gasteiger partial charge < -0.3 is 5.32 Å². The van der Waals surface area contributed by atoms with Gasteiger partial charge in [-0.2, -0.15) is 13.2 Å². The number of nitrogens with one attached hydrogen (secondary N) is 1. The molecule has 6 heteroatoms. The van der Waals surface area contributed by atoms with Gasteiger partial charge in [-0.1, -0.05) is 35.9 Å². The van der Waals surface area contributed by atoms with Gasteiger partial charge in [-0.3, -0.25) is 4.79 Å². The van der Waals surface area contributed by atoms with Crippen LogP contribution >= 0.6 is 11.6 Å². The van der Waals surface area contributed by atoms with Gasteiger partial charge in [-0.05, 0) is 91.2 Å². The maximum atomic E-state index is 13.4. The molecule has 2 unspecified atom stereocenters. The third kappa shape index (κ3) is 3.75. The van der Waals surface area contributed by atoms with Gasteiger partial charge in [0.25, 0.3) is 0 Å². The van der Waals surface area contributed by atoms with Crippen molar-refractivity contribution in [3.8, 4) is 0 Å². The molecule has 0 aliphatic heterocycles. The van der Waals surface area contributed by atoms with E-state index in [2.05, 4.69) is 17.4 Å². The van der Waals surface area contributed by atoms with E-state index in [1.165, 1.54) is 18.1 Å². The second-order valence-corrected chi connectivity index (χ2v) is 10.3. The van der Waals surface area contributed by atoms with Crippen LogP contribution in [0, 0.1) is 17.3 Å². The summed E-state index contributed by atoms with van der Waals surface area (Å²) in [6, 6.07) is 13.3. The van der Waals surface area contributed by atoms with Gasteiger partial charge in [0.2, 0.25) is 5.91 Å². The molecule has 2 aromatic rings. The summed E-state index contributed by atoms with van der Waals surface area (Å²) in [6.07, 6.45) is 1.58. The highest BCUT2D eigenvalue weighted by Gasteiger charge is 2.60. The van der Waals surface area contributed by atoms with Gasteiger partial charge in [0.05, 0.1) is 11.0 Å². The van der Waals surface area contributed by atoms with Gasteiger partial charge in [-0.25, -0.2) is 0 Å². The molecule has 6 rings (SSSR count).